The largest absolute Gasteiger partial charge is 0.0904 e. The van der Waals surface area contributed by atoms with Crippen molar-refractivity contribution in [1.82, 2.24) is 0 Å². The van der Waals surface area contributed by atoms with E-state index in [0.717, 1.165) is 0 Å². The molecule has 0 bridgehead atoms. The molecule has 0 radical (unpaired) electrons. The van der Waals surface area contributed by atoms with Crippen LogP contribution in [0.2, 0.25) is 0 Å². The van der Waals surface area contributed by atoms with Gasteiger partial charge in [0.2, 0.25) is 0 Å². The molecule has 1 heteroatoms. The summed E-state index contributed by atoms with van der Waals surface area (Å²) >= 11 is 2.39. The minimum Gasteiger partial charge on any atom is -0.0904 e. The molecule has 0 aromatic carbocycles. The third-order valence-electron chi connectivity index (χ3n) is 0.563. The minimum atomic E-state index is 0.340. The monoisotopic (exact) mass is 210 g/mol. The first kappa shape index (κ1) is 7.47. The number of halogens is 1. The molecule has 0 atom stereocenters. The van der Waals surface area contributed by atoms with Gasteiger partial charge in [-0.25, -0.2) is 0 Å². The third kappa shape index (κ3) is 6.47. The number of alkyl halides is 1. The summed E-state index contributed by atoms with van der Waals surface area (Å²) in [5.74, 6) is 0. The Labute approximate surface area is 59.1 Å². The minimum absolute atomic E-state index is 0.340. The topological polar surface area (TPSA) is 0 Å². The van der Waals surface area contributed by atoms with Crippen LogP contribution in [0.15, 0.2) is 12.2 Å². The quantitative estimate of drug-likeness (QED) is 0.354. The second-order valence-electron chi connectivity index (χ2n) is 2.06. The van der Waals surface area contributed by atoms with E-state index in [0.29, 0.717) is 3.42 Å². The zero-order valence-corrected chi connectivity index (χ0v) is 7.19. The van der Waals surface area contributed by atoms with Gasteiger partial charge in [0.05, 0.1) is 0 Å². The fourth-order valence-corrected chi connectivity index (χ4v) is 0.756. The van der Waals surface area contributed by atoms with Gasteiger partial charge in [-0.2, -0.15) is 0 Å². The molecule has 0 N–H and O–H groups in total. The number of allylic oxidation sites excluding steroid dienone is 2. The van der Waals surface area contributed by atoms with Gasteiger partial charge < -0.3 is 0 Å². The normalized spacial score (nSPS) is 13.1. The van der Waals surface area contributed by atoms with Crippen LogP contribution in [0.5, 0.6) is 0 Å². The highest BCUT2D eigenvalue weighted by molar-refractivity contribution is 14.1. The Hall–Kier alpha value is 0.470. The highest BCUT2D eigenvalue weighted by atomic mass is 127. The third-order valence-corrected chi connectivity index (χ3v) is 0.923. The van der Waals surface area contributed by atoms with E-state index in [4.69, 9.17) is 0 Å². The van der Waals surface area contributed by atoms with E-state index in [1.165, 1.54) is 0 Å². The molecule has 0 aromatic rings. The Morgan fingerprint density at radius 3 is 1.86 bits per heavy atom. The van der Waals surface area contributed by atoms with E-state index >= 15 is 0 Å². The van der Waals surface area contributed by atoms with E-state index in [9.17, 15) is 0 Å². The summed E-state index contributed by atoms with van der Waals surface area (Å²) in [5.41, 5.74) is 0. The fourth-order valence-electron chi connectivity index (χ4n) is 0.396. The van der Waals surface area contributed by atoms with Crippen LogP contribution < -0.4 is 0 Å². The molecule has 42 valence electrons. The summed E-state index contributed by atoms with van der Waals surface area (Å²) in [7, 11) is 0. The van der Waals surface area contributed by atoms with Gasteiger partial charge in [0.1, 0.15) is 0 Å². The molecule has 0 rings (SSSR count). The maximum Gasteiger partial charge on any atom is 0.0344 e. The van der Waals surface area contributed by atoms with E-state index in [1.807, 2.05) is 6.92 Å². The summed E-state index contributed by atoms with van der Waals surface area (Å²) in [6.07, 6.45) is 4.25. The molecular weight excluding hydrogens is 199 g/mol. The summed E-state index contributed by atoms with van der Waals surface area (Å²) < 4.78 is 0.340. The maximum atomic E-state index is 2.39. The zero-order valence-electron chi connectivity index (χ0n) is 5.03. The molecule has 0 aromatic heterocycles. The van der Waals surface area contributed by atoms with Gasteiger partial charge in [0.15, 0.2) is 0 Å². The molecule has 0 aliphatic heterocycles. The molecule has 0 unspecified atom stereocenters. The molecule has 7 heavy (non-hydrogen) atoms. The standard InChI is InChI=1S/C6H11I/c1-4-5-6(2,3)7/h4-5H,1-3H3/b5-4-. The number of rotatable bonds is 1. The summed E-state index contributed by atoms with van der Waals surface area (Å²) in [6, 6.07) is 0. The molecule has 0 saturated carbocycles. The number of hydrogen-bond acceptors (Lipinski definition) is 0. The van der Waals surface area contributed by atoms with E-state index in [1.54, 1.807) is 0 Å². The van der Waals surface area contributed by atoms with E-state index in [-0.39, 0.29) is 0 Å². The lowest BCUT2D eigenvalue weighted by atomic mass is 10.2. The molecule has 0 fully saturated rings. The Kier molecular flexibility index (Phi) is 2.88. The summed E-state index contributed by atoms with van der Waals surface area (Å²) in [5, 5.41) is 0. The predicted molar refractivity (Wildman–Crippen MR) is 42.9 cm³/mol. The Bertz CT molecular complexity index is 66.7. The van der Waals surface area contributed by atoms with Crippen molar-refractivity contribution in [3.8, 4) is 0 Å². The molecular formula is C6H11I. The average Bonchev–Trinajstić information content (AvgIpc) is 1.30. The van der Waals surface area contributed by atoms with Crippen molar-refractivity contribution >= 4 is 22.6 Å². The fraction of sp³-hybridized carbons (Fsp3) is 0.667. The van der Waals surface area contributed by atoms with Crippen molar-refractivity contribution in [3.63, 3.8) is 0 Å². The Morgan fingerprint density at radius 1 is 1.43 bits per heavy atom. The first-order valence-corrected chi connectivity index (χ1v) is 3.47. The van der Waals surface area contributed by atoms with Gasteiger partial charge in [0, 0.05) is 3.42 Å². The van der Waals surface area contributed by atoms with Crippen LogP contribution in [0.25, 0.3) is 0 Å². The van der Waals surface area contributed by atoms with Crippen molar-refractivity contribution < 1.29 is 0 Å². The lowest BCUT2D eigenvalue weighted by Gasteiger charge is -2.06. The van der Waals surface area contributed by atoms with Crippen LogP contribution in [0.3, 0.4) is 0 Å². The van der Waals surface area contributed by atoms with Gasteiger partial charge in [-0.15, -0.1) is 0 Å². The van der Waals surface area contributed by atoms with Gasteiger partial charge in [-0.1, -0.05) is 34.7 Å². The molecule has 0 aliphatic rings. The molecule has 0 nitrogen and oxygen atoms in total. The predicted octanol–water partition coefficient (Wildman–Crippen LogP) is 2.78. The summed E-state index contributed by atoms with van der Waals surface area (Å²) in [6.45, 7) is 6.39. The summed E-state index contributed by atoms with van der Waals surface area (Å²) in [4.78, 5) is 0. The highest BCUT2D eigenvalue weighted by Crippen LogP contribution is 2.17. The van der Waals surface area contributed by atoms with Crippen LogP contribution in [0, 0.1) is 0 Å². The van der Waals surface area contributed by atoms with Crippen molar-refractivity contribution in [2.75, 3.05) is 0 Å². The van der Waals surface area contributed by atoms with Gasteiger partial charge in [-0.05, 0) is 20.8 Å². The van der Waals surface area contributed by atoms with Crippen molar-refractivity contribution in [3.05, 3.63) is 12.2 Å². The SMILES string of the molecule is C/C=C\C(C)(C)I. The molecule has 0 spiro atoms. The molecule has 0 heterocycles. The molecule has 0 aliphatic carbocycles. The molecule has 0 amide bonds. The van der Waals surface area contributed by atoms with Crippen LogP contribution in [-0.4, -0.2) is 3.42 Å². The lowest BCUT2D eigenvalue weighted by Crippen LogP contribution is -2.01. The van der Waals surface area contributed by atoms with Gasteiger partial charge in [0.25, 0.3) is 0 Å². The smallest absolute Gasteiger partial charge is 0.0344 e. The first-order chi connectivity index (χ1) is 3.06. The highest BCUT2D eigenvalue weighted by Gasteiger charge is 2.03. The van der Waals surface area contributed by atoms with Crippen molar-refractivity contribution in [2.24, 2.45) is 0 Å². The van der Waals surface area contributed by atoms with Crippen LogP contribution in [0.4, 0.5) is 0 Å². The second-order valence-corrected chi connectivity index (χ2v) is 4.84. The Balaban J connectivity index is 3.56. The van der Waals surface area contributed by atoms with Gasteiger partial charge >= 0.3 is 0 Å². The lowest BCUT2D eigenvalue weighted by molar-refractivity contribution is 0.942. The number of hydrogen-bond donors (Lipinski definition) is 0. The van der Waals surface area contributed by atoms with E-state index in [2.05, 4.69) is 48.6 Å². The average molecular weight is 210 g/mol. The van der Waals surface area contributed by atoms with Crippen LogP contribution in [-0.2, 0) is 0 Å². The maximum absolute atomic E-state index is 2.39. The van der Waals surface area contributed by atoms with Gasteiger partial charge in [-0.3, -0.25) is 0 Å². The van der Waals surface area contributed by atoms with Crippen LogP contribution >= 0.6 is 22.6 Å². The van der Waals surface area contributed by atoms with Crippen LogP contribution in [0.1, 0.15) is 20.8 Å². The van der Waals surface area contributed by atoms with E-state index < -0.39 is 0 Å². The Morgan fingerprint density at radius 2 is 1.86 bits per heavy atom. The zero-order chi connectivity index (χ0) is 5.91. The van der Waals surface area contributed by atoms with Crippen molar-refractivity contribution in [2.45, 2.75) is 24.2 Å². The molecule has 0 saturated heterocycles. The first-order valence-electron chi connectivity index (χ1n) is 2.39. The second kappa shape index (κ2) is 2.70. The van der Waals surface area contributed by atoms with Crippen molar-refractivity contribution in [1.29, 1.82) is 0 Å².